The summed E-state index contributed by atoms with van der Waals surface area (Å²) >= 11 is 0. The lowest BCUT2D eigenvalue weighted by Gasteiger charge is -2.16. The van der Waals surface area contributed by atoms with Crippen LogP contribution in [0.4, 0.5) is 0 Å². The van der Waals surface area contributed by atoms with Gasteiger partial charge >= 0.3 is 0 Å². The Bertz CT molecular complexity index is 827. The van der Waals surface area contributed by atoms with Crippen molar-refractivity contribution in [2.45, 2.75) is 19.4 Å². The predicted molar refractivity (Wildman–Crippen MR) is 104 cm³/mol. The van der Waals surface area contributed by atoms with Crippen molar-refractivity contribution in [1.29, 1.82) is 0 Å². The van der Waals surface area contributed by atoms with Crippen LogP contribution in [0.5, 0.6) is 0 Å². The summed E-state index contributed by atoms with van der Waals surface area (Å²) in [5.74, 6) is 1.99. The maximum atomic E-state index is 4.35. The molecule has 0 amide bonds. The molecule has 1 unspecified atom stereocenters. The molecular weight excluding hydrogens is 324 g/mol. The van der Waals surface area contributed by atoms with Gasteiger partial charge in [-0.05, 0) is 35.2 Å². The largest absolute Gasteiger partial charge is 0.356 e. The quantitative estimate of drug-likeness (QED) is 0.531. The highest BCUT2D eigenvalue weighted by molar-refractivity contribution is 5.79. The van der Waals surface area contributed by atoms with E-state index in [1.807, 2.05) is 30.5 Å². The normalized spacial score (nSPS) is 12.6. The highest BCUT2D eigenvalue weighted by Crippen LogP contribution is 2.13. The first-order valence-electron chi connectivity index (χ1n) is 8.70. The Morgan fingerprint density at radius 1 is 1.12 bits per heavy atom. The summed E-state index contributed by atoms with van der Waals surface area (Å²) in [7, 11) is 1.78. The van der Waals surface area contributed by atoms with Crippen molar-refractivity contribution in [2.24, 2.45) is 4.99 Å². The van der Waals surface area contributed by atoms with Crippen LogP contribution in [0.2, 0.25) is 0 Å². The van der Waals surface area contributed by atoms with Gasteiger partial charge < -0.3 is 10.6 Å². The number of nitrogens with one attached hydrogen (secondary N) is 2. The lowest BCUT2D eigenvalue weighted by Crippen LogP contribution is -2.38. The first kappa shape index (κ1) is 17.7. The highest BCUT2D eigenvalue weighted by atomic mass is 15.3. The number of pyridine rings is 1. The average molecular weight is 348 g/mol. The Balaban J connectivity index is 1.54. The second-order valence-electron chi connectivity index (χ2n) is 6.09. The van der Waals surface area contributed by atoms with E-state index in [2.05, 4.69) is 56.9 Å². The van der Waals surface area contributed by atoms with Crippen molar-refractivity contribution in [3.63, 3.8) is 0 Å². The van der Waals surface area contributed by atoms with Crippen LogP contribution < -0.4 is 10.6 Å². The van der Waals surface area contributed by atoms with Gasteiger partial charge in [-0.2, -0.15) is 5.10 Å². The topological polar surface area (TPSA) is 67.1 Å². The summed E-state index contributed by atoms with van der Waals surface area (Å²) in [4.78, 5) is 8.65. The Labute approximate surface area is 154 Å². The SMILES string of the molecule is CN=C(NCc1ccnc(-n2cccn2)c1)NCC(C)c1ccccc1. The molecule has 0 spiro atoms. The van der Waals surface area contributed by atoms with E-state index in [0.29, 0.717) is 12.5 Å². The Morgan fingerprint density at radius 3 is 2.69 bits per heavy atom. The minimum absolute atomic E-state index is 0.405. The van der Waals surface area contributed by atoms with Gasteiger partial charge in [-0.25, -0.2) is 9.67 Å². The molecule has 2 aromatic heterocycles. The fourth-order valence-electron chi connectivity index (χ4n) is 2.66. The van der Waals surface area contributed by atoms with Crippen LogP contribution in [0.25, 0.3) is 5.82 Å². The van der Waals surface area contributed by atoms with Gasteiger partial charge in [-0.15, -0.1) is 0 Å². The van der Waals surface area contributed by atoms with Crippen LogP contribution >= 0.6 is 0 Å². The minimum atomic E-state index is 0.405. The molecule has 1 aromatic carbocycles. The lowest BCUT2D eigenvalue weighted by molar-refractivity contribution is 0.698. The molecule has 134 valence electrons. The third kappa shape index (κ3) is 4.69. The van der Waals surface area contributed by atoms with Gasteiger partial charge in [0.1, 0.15) is 0 Å². The van der Waals surface area contributed by atoms with Crippen LogP contribution in [-0.4, -0.2) is 34.3 Å². The van der Waals surface area contributed by atoms with E-state index in [1.54, 1.807) is 24.1 Å². The smallest absolute Gasteiger partial charge is 0.191 e. The summed E-state index contributed by atoms with van der Waals surface area (Å²) < 4.78 is 1.75. The summed E-state index contributed by atoms with van der Waals surface area (Å²) in [5, 5.41) is 10.9. The molecule has 0 radical (unpaired) electrons. The van der Waals surface area contributed by atoms with Crippen molar-refractivity contribution in [3.8, 4) is 5.82 Å². The van der Waals surface area contributed by atoms with E-state index in [1.165, 1.54) is 5.56 Å². The lowest BCUT2D eigenvalue weighted by atomic mass is 10.0. The molecule has 6 heteroatoms. The third-order valence-electron chi connectivity index (χ3n) is 4.18. The van der Waals surface area contributed by atoms with Gasteiger partial charge in [0.05, 0.1) is 0 Å². The zero-order valence-electron chi connectivity index (χ0n) is 15.1. The zero-order valence-corrected chi connectivity index (χ0v) is 15.1. The summed E-state index contributed by atoms with van der Waals surface area (Å²) in [6.07, 6.45) is 5.42. The molecule has 6 nitrogen and oxygen atoms in total. The molecule has 1 atom stereocenters. The van der Waals surface area contributed by atoms with E-state index < -0.39 is 0 Å². The van der Waals surface area contributed by atoms with Gasteiger partial charge in [-0.3, -0.25) is 4.99 Å². The van der Waals surface area contributed by atoms with E-state index in [0.717, 1.165) is 23.9 Å². The molecular formula is C20H24N6. The van der Waals surface area contributed by atoms with Gasteiger partial charge in [0.25, 0.3) is 0 Å². The molecule has 2 heterocycles. The molecule has 2 N–H and O–H groups in total. The number of aliphatic imine (C=N–C) groups is 1. The summed E-state index contributed by atoms with van der Waals surface area (Å²) in [6, 6.07) is 16.4. The maximum Gasteiger partial charge on any atom is 0.191 e. The van der Waals surface area contributed by atoms with Crippen LogP contribution in [0.3, 0.4) is 0 Å². The molecule has 0 aliphatic rings. The third-order valence-corrected chi connectivity index (χ3v) is 4.18. The average Bonchev–Trinajstić information content (AvgIpc) is 3.24. The molecule has 26 heavy (non-hydrogen) atoms. The number of aromatic nitrogens is 3. The fraction of sp³-hybridized carbons (Fsp3) is 0.250. The Morgan fingerprint density at radius 2 is 1.96 bits per heavy atom. The Hall–Kier alpha value is -3.15. The molecule has 3 rings (SSSR count). The zero-order chi connectivity index (χ0) is 18.2. The first-order valence-corrected chi connectivity index (χ1v) is 8.70. The van der Waals surface area contributed by atoms with Gasteiger partial charge in [-0.1, -0.05) is 37.3 Å². The van der Waals surface area contributed by atoms with Gasteiger partial charge in [0, 0.05) is 38.7 Å². The van der Waals surface area contributed by atoms with Crippen LogP contribution in [0, 0.1) is 0 Å². The molecule has 3 aromatic rings. The fourth-order valence-corrected chi connectivity index (χ4v) is 2.66. The van der Waals surface area contributed by atoms with Crippen molar-refractivity contribution < 1.29 is 0 Å². The van der Waals surface area contributed by atoms with E-state index >= 15 is 0 Å². The van der Waals surface area contributed by atoms with Crippen LogP contribution in [-0.2, 0) is 6.54 Å². The highest BCUT2D eigenvalue weighted by Gasteiger charge is 2.06. The first-order chi connectivity index (χ1) is 12.8. The van der Waals surface area contributed by atoms with Crippen molar-refractivity contribution >= 4 is 5.96 Å². The number of rotatable bonds is 6. The number of nitrogens with zero attached hydrogens (tertiary/aromatic N) is 4. The number of hydrogen-bond acceptors (Lipinski definition) is 3. The molecule has 0 saturated carbocycles. The predicted octanol–water partition coefficient (Wildman–Crippen LogP) is 2.74. The molecule has 0 aliphatic carbocycles. The second kappa shape index (κ2) is 8.80. The maximum absolute atomic E-state index is 4.35. The Kier molecular flexibility index (Phi) is 5.98. The molecule has 0 bridgehead atoms. The molecule has 0 saturated heterocycles. The number of benzene rings is 1. The number of guanidine groups is 1. The monoisotopic (exact) mass is 348 g/mol. The van der Waals surface area contributed by atoms with Crippen LogP contribution in [0.15, 0.2) is 72.1 Å². The van der Waals surface area contributed by atoms with Crippen LogP contribution in [0.1, 0.15) is 24.0 Å². The van der Waals surface area contributed by atoms with E-state index in [4.69, 9.17) is 0 Å². The van der Waals surface area contributed by atoms with E-state index in [9.17, 15) is 0 Å². The van der Waals surface area contributed by atoms with Crippen molar-refractivity contribution in [3.05, 3.63) is 78.2 Å². The molecule has 0 aliphatic heterocycles. The molecule has 0 fully saturated rings. The van der Waals surface area contributed by atoms with Gasteiger partial charge in [0.15, 0.2) is 11.8 Å². The van der Waals surface area contributed by atoms with Gasteiger partial charge in [0.2, 0.25) is 0 Å². The van der Waals surface area contributed by atoms with E-state index in [-0.39, 0.29) is 0 Å². The minimum Gasteiger partial charge on any atom is -0.356 e. The number of hydrogen-bond donors (Lipinski definition) is 2. The van der Waals surface area contributed by atoms with Crippen molar-refractivity contribution in [2.75, 3.05) is 13.6 Å². The summed E-state index contributed by atoms with van der Waals surface area (Å²) in [6.45, 7) is 3.68. The van der Waals surface area contributed by atoms with Crippen molar-refractivity contribution in [1.82, 2.24) is 25.4 Å². The standard InChI is InChI=1S/C20H24N6/c1-16(18-7-4-3-5-8-18)14-23-20(21-2)24-15-17-9-11-22-19(13-17)26-12-6-10-25-26/h3-13,16H,14-15H2,1-2H3,(H2,21,23,24). The summed E-state index contributed by atoms with van der Waals surface area (Å²) in [5.41, 5.74) is 2.43. The second-order valence-corrected chi connectivity index (χ2v) is 6.09.